The Morgan fingerprint density at radius 1 is 1.12 bits per heavy atom. The molecule has 32 heavy (non-hydrogen) atoms. The summed E-state index contributed by atoms with van der Waals surface area (Å²) in [5.41, 5.74) is 4.95. The first-order valence-corrected chi connectivity index (χ1v) is 11.0. The number of anilines is 1. The number of aryl methyl sites for hydroxylation is 1. The van der Waals surface area contributed by atoms with E-state index in [0.717, 1.165) is 65.8 Å². The number of hydrogen-bond donors (Lipinski definition) is 1. The molecule has 4 aromatic rings. The third-order valence-corrected chi connectivity index (χ3v) is 6.29. The van der Waals surface area contributed by atoms with Crippen LogP contribution in [0.4, 0.5) is 5.82 Å². The average Bonchev–Trinajstić information content (AvgIpc) is 3.19. The fourth-order valence-electron chi connectivity index (χ4n) is 4.27. The molecule has 6 rings (SSSR count). The third-order valence-electron chi connectivity index (χ3n) is 6.29. The van der Waals surface area contributed by atoms with E-state index in [4.69, 9.17) is 9.84 Å². The lowest BCUT2D eigenvalue weighted by atomic mass is 10.0. The molecule has 2 fully saturated rings. The number of nitrogens with zero attached hydrogens (tertiary/aromatic N) is 5. The number of benzene rings is 1. The van der Waals surface area contributed by atoms with E-state index in [-0.39, 0.29) is 11.8 Å². The van der Waals surface area contributed by atoms with Crippen LogP contribution in [0.3, 0.4) is 0 Å². The molecule has 1 aromatic carbocycles. The van der Waals surface area contributed by atoms with Crippen LogP contribution in [0.25, 0.3) is 33.3 Å². The van der Waals surface area contributed by atoms with Gasteiger partial charge in [0.2, 0.25) is 5.91 Å². The Labute approximate surface area is 185 Å². The zero-order chi connectivity index (χ0) is 21.7. The first-order valence-electron chi connectivity index (χ1n) is 11.0. The van der Waals surface area contributed by atoms with Crippen molar-refractivity contribution in [1.29, 1.82) is 0 Å². The summed E-state index contributed by atoms with van der Waals surface area (Å²) >= 11 is 0. The largest absolute Gasteiger partial charge is 0.379 e. The van der Waals surface area contributed by atoms with Crippen molar-refractivity contribution < 1.29 is 9.53 Å². The van der Waals surface area contributed by atoms with Crippen LogP contribution in [0.2, 0.25) is 0 Å². The van der Waals surface area contributed by atoms with Crippen LogP contribution in [-0.2, 0) is 16.6 Å². The maximum Gasteiger partial charge on any atom is 0.228 e. The molecule has 1 amide bonds. The van der Waals surface area contributed by atoms with Gasteiger partial charge in [0.05, 0.1) is 30.6 Å². The lowest BCUT2D eigenvalue weighted by Gasteiger charge is -2.07. The molecule has 0 bridgehead atoms. The van der Waals surface area contributed by atoms with Gasteiger partial charge < -0.3 is 10.1 Å². The van der Waals surface area contributed by atoms with Gasteiger partial charge >= 0.3 is 0 Å². The molecule has 1 aliphatic heterocycles. The van der Waals surface area contributed by atoms with E-state index in [9.17, 15) is 4.79 Å². The van der Waals surface area contributed by atoms with Crippen LogP contribution >= 0.6 is 0 Å². The summed E-state index contributed by atoms with van der Waals surface area (Å²) in [6.07, 6.45) is 8.68. The molecule has 1 N–H and O–H groups in total. The first-order chi connectivity index (χ1) is 15.7. The van der Waals surface area contributed by atoms with E-state index in [1.165, 1.54) is 0 Å². The maximum absolute atomic E-state index is 12.2. The number of nitrogens with one attached hydrogen (secondary N) is 1. The number of pyridine rings is 1. The molecular formula is C24H24N6O2. The lowest BCUT2D eigenvalue weighted by molar-refractivity contribution is -0.117. The van der Waals surface area contributed by atoms with Gasteiger partial charge in [-0.1, -0.05) is 18.2 Å². The summed E-state index contributed by atoms with van der Waals surface area (Å²) in [4.78, 5) is 16.6. The van der Waals surface area contributed by atoms with Crippen molar-refractivity contribution >= 4 is 22.6 Å². The van der Waals surface area contributed by atoms with Crippen LogP contribution in [0.1, 0.15) is 25.3 Å². The van der Waals surface area contributed by atoms with Crippen LogP contribution in [0.5, 0.6) is 0 Å². The van der Waals surface area contributed by atoms with Crippen LogP contribution in [0.15, 0.2) is 48.9 Å². The van der Waals surface area contributed by atoms with Gasteiger partial charge in [-0.2, -0.15) is 10.2 Å². The average molecular weight is 428 g/mol. The van der Waals surface area contributed by atoms with Crippen LogP contribution in [0, 0.1) is 5.92 Å². The fourth-order valence-corrected chi connectivity index (χ4v) is 4.27. The normalized spacial score (nSPS) is 18.3. The zero-order valence-electron chi connectivity index (χ0n) is 17.9. The molecule has 1 saturated carbocycles. The molecule has 0 spiro atoms. The number of carbonyl (C=O) groups excluding carboxylic acids is 1. The molecule has 4 heterocycles. The van der Waals surface area contributed by atoms with Crippen molar-refractivity contribution in [2.75, 3.05) is 18.5 Å². The van der Waals surface area contributed by atoms with Crippen molar-refractivity contribution in [3.8, 4) is 22.4 Å². The Bertz CT molecular complexity index is 1310. The number of amides is 1. The zero-order valence-corrected chi connectivity index (χ0v) is 17.9. The minimum atomic E-state index is 0.0500. The molecule has 3 aromatic heterocycles. The molecule has 0 radical (unpaired) electrons. The minimum Gasteiger partial charge on any atom is -0.379 e. The summed E-state index contributed by atoms with van der Waals surface area (Å²) in [5.74, 6) is 0.753. The molecule has 1 atom stereocenters. The summed E-state index contributed by atoms with van der Waals surface area (Å²) in [6.45, 7) is 1.51. The summed E-state index contributed by atoms with van der Waals surface area (Å²) in [5, 5.41) is 13.2. The van der Waals surface area contributed by atoms with Gasteiger partial charge in [0.25, 0.3) is 0 Å². The Hall–Kier alpha value is -3.52. The first kappa shape index (κ1) is 19.2. The summed E-state index contributed by atoms with van der Waals surface area (Å²) < 4.78 is 9.33. The van der Waals surface area contributed by atoms with E-state index in [0.29, 0.717) is 11.9 Å². The Morgan fingerprint density at radius 3 is 2.81 bits per heavy atom. The van der Waals surface area contributed by atoms with Gasteiger partial charge in [0, 0.05) is 42.3 Å². The van der Waals surface area contributed by atoms with E-state index in [1.807, 2.05) is 34.7 Å². The predicted molar refractivity (Wildman–Crippen MR) is 121 cm³/mol. The second kappa shape index (κ2) is 7.56. The van der Waals surface area contributed by atoms with E-state index < -0.39 is 0 Å². The highest BCUT2D eigenvalue weighted by atomic mass is 16.5. The number of aromatic nitrogens is 5. The molecule has 0 unspecified atom stereocenters. The third kappa shape index (κ3) is 3.46. The molecule has 1 aliphatic carbocycles. The van der Waals surface area contributed by atoms with Gasteiger partial charge in [-0.15, -0.1) is 0 Å². The highest BCUT2D eigenvalue weighted by Gasteiger charge is 2.30. The van der Waals surface area contributed by atoms with Crippen molar-refractivity contribution in [1.82, 2.24) is 24.5 Å². The SMILES string of the molecule is Cn1nc(-c2cccc(-c3cnn([C@@H]4CCOC4)c3)c2)c2cc(NC(=O)C3CC3)ncc21. The molecule has 1 saturated heterocycles. The van der Waals surface area contributed by atoms with Gasteiger partial charge in [-0.05, 0) is 37.0 Å². The van der Waals surface area contributed by atoms with Crippen molar-refractivity contribution in [2.45, 2.75) is 25.3 Å². The summed E-state index contributed by atoms with van der Waals surface area (Å²) in [6, 6.07) is 10.6. The second-order valence-corrected chi connectivity index (χ2v) is 8.63. The van der Waals surface area contributed by atoms with Gasteiger partial charge in [-0.25, -0.2) is 4.98 Å². The van der Waals surface area contributed by atoms with Gasteiger partial charge in [-0.3, -0.25) is 14.2 Å². The Kier molecular flexibility index (Phi) is 4.53. The number of rotatable bonds is 5. The Morgan fingerprint density at radius 2 is 2.00 bits per heavy atom. The number of carbonyl (C=O) groups is 1. The van der Waals surface area contributed by atoms with Crippen molar-refractivity contribution in [2.24, 2.45) is 13.0 Å². The van der Waals surface area contributed by atoms with E-state index in [2.05, 4.69) is 39.8 Å². The fraction of sp³-hybridized carbons (Fsp3) is 0.333. The summed E-state index contributed by atoms with van der Waals surface area (Å²) in [7, 11) is 1.91. The lowest BCUT2D eigenvalue weighted by Crippen LogP contribution is -2.14. The Balaban J connectivity index is 1.35. The van der Waals surface area contributed by atoms with Crippen LogP contribution in [-0.4, -0.2) is 43.7 Å². The minimum absolute atomic E-state index is 0.0500. The monoisotopic (exact) mass is 428 g/mol. The second-order valence-electron chi connectivity index (χ2n) is 8.63. The molecule has 2 aliphatic rings. The molecule has 162 valence electrons. The highest BCUT2D eigenvalue weighted by Crippen LogP contribution is 2.33. The maximum atomic E-state index is 12.2. The van der Waals surface area contributed by atoms with E-state index >= 15 is 0 Å². The van der Waals surface area contributed by atoms with Crippen molar-refractivity contribution in [3.05, 3.63) is 48.9 Å². The van der Waals surface area contributed by atoms with E-state index in [1.54, 1.807) is 6.20 Å². The van der Waals surface area contributed by atoms with Gasteiger partial charge in [0.1, 0.15) is 11.5 Å². The quantitative estimate of drug-likeness (QED) is 0.522. The number of ether oxygens (including phenoxy) is 1. The smallest absolute Gasteiger partial charge is 0.228 e. The van der Waals surface area contributed by atoms with Crippen LogP contribution < -0.4 is 5.32 Å². The number of fused-ring (bicyclic) bond motifs is 1. The number of hydrogen-bond acceptors (Lipinski definition) is 5. The molecule has 8 heteroatoms. The predicted octanol–water partition coefficient (Wildman–Crippen LogP) is 3.81. The topological polar surface area (TPSA) is 86.9 Å². The highest BCUT2D eigenvalue weighted by molar-refractivity contribution is 5.98. The molecular weight excluding hydrogens is 404 g/mol. The van der Waals surface area contributed by atoms with Gasteiger partial charge in [0.15, 0.2) is 0 Å². The van der Waals surface area contributed by atoms with Crippen molar-refractivity contribution in [3.63, 3.8) is 0 Å². The molecule has 8 nitrogen and oxygen atoms in total. The standard InChI is InChI=1S/C24H24N6O2/c1-29-21-12-25-22(27-24(31)15-5-6-15)10-20(21)23(28-29)17-4-2-3-16(9-17)18-11-26-30(13-18)19-7-8-32-14-19/h2-4,9-13,15,19H,5-8,14H2,1H3,(H,25,27,31)/t19-/m1/s1.